The van der Waals surface area contributed by atoms with Crippen molar-refractivity contribution in [2.75, 3.05) is 13.1 Å². The first kappa shape index (κ1) is 16.0. The van der Waals surface area contributed by atoms with Gasteiger partial charge in [-0.25, -0.2) is 0 Å². The minimum absolute atomic E-state index is 0.329. The fraction of sp³-hybridized carbons (Fsp3) is 0.450. The van der Waals surface area contributed by atoms with Crippen molar-refractivity contribution in [2.24, 2.45) is 5.92 Å². The van der Waals surface area contributed by atoms with Gasteiger partial charge in [-0.15, -0.1) is 0 Å². The molecule has 0 aliphatic carbocycles. The van der Waals surface area contributed by atoms with Crippen LogP contribution in [0, 0.1) is 5.92 Å². The minimum atomic E-state index is 0.329. The number of pyridine rings is 1. The van der Waals surface area contributed by atoms with Crippen molar-refractivity contribution >= 4 is 0 Å². The Labute approximate surface area is 139 Å². The Bertz CT molecular complexity index is 577. The van der Waals surface area contributed by atoms with Crippen molar-refractivity contribution in [1.82, 2.24) is 9.88 Å². The zero-order valence-corrected chi connectivity index (χ0v) is 14.1. The molecule has 0 amide bonds. The Hall–Kier alpha value is -1.87. The van der Waals surface area contributed by atoms with Gasteiger partial charge < -0.3 is 4.74 Å². The molecule has 0 saturated carbocycles. The first-order chi connectivity index (χ1) is 11.2. The zero-order chi connectivity index (χ0) is 16.1. The van der Waals surface area contributed by atoms with Crippen LogP contribution < -0.4 is 4.74 Å². The molecular formula is C20H26N2O. The average Bonchev–Trinajstić information content (AvgIpc) is 2.58. The van der Waals surface area contributed by atoms with Crippen LogP contribution in [0.15, 0.2) is 54.9 Å². The zero-order valence-electron chi connectivity index (χ0n) is 14.1. The van der Waals surface area contributed by atoms with Crippen LogP contribution in [0.4, 0.5) is 0 Å². The van der Waals surface area contributed by atoms with Crippen LogP contribution in [0.2, 0.25) is 0 Å². The van der Waals surface area contributed by atoms with E-state index in [4.69, 9.17) is 4.74 Å². The summed E-state index contributed by atoms with van der Waals surface area (Å²) < 4.78 is 6.11. The highest BCUT2D eigenvalue weighted by Crippen LogP contribution is 2.31. The highest BCUT2D eigenvalue weighted by atomic mass is 16.5. The van der Waals surface area contributed by atoms with Crippen molar-refractivity contribution < 1.29 is 4.74 Å². The Balaban J connectivity index is 1.61. The van der Waals surface area contributed by atoms with Gasteiger partial charge in [-0.3, -0.25) is 9.88 Å². The van der Waals surface area contributed by atoms with Gasteiger partial charge in [0.2, 0.25) is 0 Å². The van der Waals surface area contributed by atoms with Gasteiger partial charge in [0.1, 0.15) is 11.9 Å². The van der Waals surface area contributed by atoms with E-state index in [1.165, 1.54) is 5.56 Å². The standard InChI is InChI=1S/C20H26N2O/c1-16(2)20(17-7-6-12-21-15-17)22-13-10-19(11-14-22)23-18-8-4-3-5-9-18/h3-9,12,15-16,19-20H,10-11,13-14H2,1-2H3. The summed E-state index contributed by atoms with van der Waals surface area (Å²) >= 11 is 0. The smallest absolute Gasteiger partial charge is 0.119 e. The Morgan fingerprint density at radius 3 is 2.39 bits per heavy atom. The number of piperidine rings is 1. The number of para-hydroxylation sites is 1. The lowest BCUT2D eigenvalue weighted by molar-refractivity contribution is 0.0601. The van der Waals surface area contributed by atoms with E-state index in [2.05, 4.69) is 29.8 Å². The molecule has 1 aliphatic heterocycles. The van der Waals surface area contributed by atoms with Crippen molar-refractivity contribution in [3.05, 3.63) is 60.4 Å². The Kier molecular flexibility index (Phi) is 5.29. The van der Waals surface area contributed by atoms with E-state index in [0.717, 1.165) is 31.7 Å². The number of hydrogen-bond donors (Lipinski definition) is 0. The topological polar surface area (TPSA) is 25.4 Å². The van der Waals surface area contributed by atoms with Crippen LogP contribution in [0.25, 0.3) is 0 Å². The lowest BCUT2D eigenvalue weighted by atomic mass is 9.93. The van der Waals surface area contributed by atoms with E-state index in [0.29, 0.717) is 18.1 Å². The van der Waals surface area contributed by atoms with Gasteiger partial charge in [0.05, 0.1) is 0 Å². The fourth-order valence-corrected chi connectivity index (χ4v) is 3.53. The summed E-state index contributed by atoms with van der Waals surface area (Å²) in [4.78, 5) is 6.89. The SMILES string of the molecule is CC(C)C(c1cccnc1)N1CCC(Oc2ccccc2)CC1. The number of likely N-dealkylation sites (tertiary alicyclic amines) is 1. The molecule has 0 bridgehead atoms. The van der Waals surface area contributed by atoms with Crippen molar-refractivity contribution in [3.8, 4) is 5.75 Å². The molecule has 3 heteroatoms. The number of benzene rings is 1. The van der Waals surface area contributed by atoms with E-state index in [1.807, 2.05) is 48.8 Å². The molecule has 0 N–H and O–H groups in total. The second kappa shape index (κ2) is 7.60. The maximum absolute atomic E-state index is 6.11. The third-order valence-corrected chi connectivity index (χ3v) is 4.57. The number of ether oxygens (including phenoxy) is 1. The molecule has 2 aromatic rings. The Morgan fingerprint density at radius 2 is 1.78 bits per heavy atom. The normalized spacial score (nSPS) is 18.0. The van der Waals surface area contributed by atoms with Crippen LogP contribution >= 0.6 is 0 Å². The molecule has 3 nitrogen and oxygen atoms in total. The van der Waals surface area contributed by atoms with Crippen LogP contribution in [0.3, 0.4) is 0 Å². The predicted octanol–water partition coefficient (Wildman–Crippen LogP) is 4.32. The first-order valence-electron chi connectivity index (χ1n) is 8.59. The summed E-state index contributed by atoms with van der Waals surface area (Å²) in [5.74, 6) is 1.56. The molecule has 3 rings (SSSR count). The van der Waals surface area contributed by atoms with Gasteiger partial charge in [0.15, 0.2) is 0 Å². The molecule has 1 unspecified atom stereocenters. The summed E-state index contributed by atoms with van der Waals surface area (Å²) in [6.45, 7) is 6.75. The molecule has 0 radical (unpaired) electrons. The summed E-state index contributed by atoms with van der Waals surface area (Å²) in [5.41, 5.74) is 1.32. The molecule has 1 saturated heterocycles. The van der Waals surface area contributed by atoms with E-state index in [9.17, 15) is 0 Å². The summed E-state index contributed by atoms with van der Waals surface area (Å²) in [6.07, 6.45) is 6.35. The van der Waals surface area contributed by atoms with Gasteiger partial charge in [0.25, 0.3) is 0 Å². The molecule has 1 aromatic heterocycles. The maximum atomic E-state index is 6.11. The molecule has 1 atom stereocenters. The molecule has 0 spiro atoms. The molecule has 1 aromatic carbocycles. The largest absolute Gasteiger partial charge is 0.490 e. The van der Waals surface area contributed by atoms with Crippen LogP contribution in [0.5, 0.6) is 5.75 Å². The van der Waals surface area contributed by atoms with Crippen LogP contribution in [-0.2, 0) is 0 Å². The molecule has 2 heterocycles. The molecule has 1 fully saturated rings. The van der Waals surface area contributed by atoms with Crippen LogP contribution in [-0.4, -0.2) is 29.1 Å². The molecule has 1 aliphatic rings. The first-order valence-corrected chi connectivity index (χ1v) is 8.59. The summed E-state index contributed by atoms with van der Waals surface area (Å²) in [7, 11) is 0. The number of aromatic nitrogens is 1. The quantitative estimate of drug-likeness (QED) is 0.822. The van der Waals surface area contributed by atoms with Crippen molar-refractivity contribution in [3.63, 3.8) is 0 Å². The molecule has 23 heavy (non-hydrogen) atoms. The van der Waals surface area contributed by atoms with Crippen molar-refractivity contribution in [2.45, 2.75) is 38.8 Å². The lowest BCUT2D eigenvalue weighted by Crippen LogP contribution is -2.42. The number of hydrogen-bond acceptors (Lipinski definition) is 3. The number of rotatable bonds is 5. The highest BCUT2D eigenvalue weighted by Gasteiger charge is 2.28. The highest BCUT2D eigenvalue weighted by molar-refractivity contribution is 5.21. The number of nitrogens with zero attached hydrogens (tertiary/aromatic N) is 2. The van der Waals surface area contributed by atoms with Gasteiger partial charge in [0, 0.05) is 31.5 Å². The molecule has 122 valence electrons. The monoisotopic (exact) mass is 310 g/mol. The van der Waals surface area contributed by atoms with Gasteiger partial charge in [-0.1, -0.05) is 38.1 Å². The molecular weight excluding hydrogens is 284 g/mol. The third kappa shape index (κ3) is 4.11. The third-order valence-electron chi connectivity index (χ3n) is 4.57. The fourth-order valence-electron chi connectivity index (χ4n) is 3.53. The van der Waals surface area contributed by atoms with Gasteiger partial charge in [-0.05, 0) is 42.5 Å². The van der Waals surface area contributed by atoms with E-state index >= 15 is 0 Å². The maximum Gasteiger partial charge on any atom is 0.119 e. The van der Waals surface area contributed by atoms with E-state index in [-0.39, 0.29) is 0 Å². The van der Waals surface area contributed by atoms with Crippen LogP contribution in [0.1, 0.15) is 38.3 Å². The lowest BCUT2D eigenvalue weighted by Gasteiger charge is -2.39. The van der Waals surface area contributed by atoms with E-state index in [1.54, 1.807) is 0 Å². The van der Waals surface area contributed by atoms with Gasteiger partial charge in [-0.2, -0.15) is 0 Å². The second-order valence-electron chi connectivity index (χ2n) is 6.64. The second-order valence-corrected chi connectivity index (χ2v) is 6.64. The predicted molar refractivity (Wildman–Crippen MR) is 93.5 cm³/mol. The Morgan fingerprint density at radius 1 is 1.04 bits per heavy atom. The van der Waals surface area contributed by atoms with Crippen molar-refractivity contribution in [1.29, 1.82) is 0 Å². The average molecular weight is 310 g/mol. The minimum Gasteiger partial charge on any atom is -0.490 e. The van der Waals surface area contributed by atoms with E-state index < -0.39 is 0 Å². The summed E-state index contributed by atoms with van der Waals surface area (Å²) in [6, 6.07) is 14.8. The summed E-state index contributed by atoms with van der Waals surface area (Å²) in [5, 5.41) is 0. The van der Waals surface area contributed by atoms with Gasteiger partial charge >= 0.3 is 0 Å².